The molecule has 0 spiro atoms. The third kappa shape index (κ3) is 1.81. The zero-order chi connectivity index (χ0) is 10.0. The van der Waals surface area contributed by atoms with Crippen molar-refractivity contribution in [2.75, 3.05) is 27.3 Å². The lowest BCUT2D eigenvalue weighted by atomic mass is 9.73. The Labute approximate surface area is 86.2 Å². The van der Waals surface area contributed by atoms with Gasteiger partial charge >= 0.3 is 0 Å². The van der Waals surface area contributed by atoms with E-state index < -0.39 is 0 Å². The molecule has 2 fully saturated rings. The molecule has 1 N–H and O–H groups in total. The van der Waals surface area contributed by atoms with E-state index in [1.807, 2.05) is 0 Å². The van der Waals surface area contributed by atoms with Crippen molar-refractivity contribution in [3.63, 3.8) is 0 Å². The van der Waals surface area contributed by atoms with Gasteiger partial charge < -0.3 is 14.8 Å². The molecule has 2 aliphatic rings. The van der Waals surface area contributed by atoms with Crippen molar-refractivity contribution < 1.29 is 9.47 Å². The van der Waals surface area contributed by atoms with Gasteiger partial charge in [-0.2, -0.15) is 0 Å². The normalized spacial score (nSPS) is 36.4. The van der Waals surface area contributed by atoms with Crippen LogP contribution in [0.25, 0.3) is 0 Å². The largest absolute Gasteiger partial charge is 0.353 e. The van der Waals surface area contributed by atoms with E-state index in [-0.39, 0.29) is 5.79 Å². The first kappa shape index (κ1) is 10.4. The topological polar surface area (TPSA) is 30.5 Å². The predicted octanol–water partition coefficient (Wildman–Crippen LogP) is 1.39. The minimum atomic E-state index is -0.279. The molecule has 1 saturated carbocycles. The van der Waals surface area contributed by atoms with Crippen LogP contribution in [0, 0.1) is 11.8 Å². The van der Waals surface area contributed by atoms with Gasteiger partial charge in [-0.3, -0.25) is 0 Å². The molecule has 2 rings (SSSR count). The molecule has 1 saturated heterocycles. The van der Waals surface area contributed by atoms with E-state index >= 15 is 0 Å². The Hall–Kier alpha value is -0.120. The van der Waals surface area contributed by atoms with Crippen molar-refractivity contribution in [1.82, 2.24) is 5.32 Å². The molecule has 1 aliphatic heterocycles. The van der Waals surface area contributed by atoms with Crippen LogP contribution < -0.4 is 5.32 Å². The number of fused-ring (bicyclic) bond motifs is 1. The molecule has 0 amide bonds. The van der Waals surface area contributed by atoms with Gasteiger partial charge in [0.1, 0.15) is 0 Å². The number of ether oxygens (including phenoxy) is 2. The van der Waals surface area contributed by atoms with Crippen LogP contribution in [0.1, 0.15) is 25.7 Å². The summed E-state index contributed by atoms with van der Waals surface area (Å²) in [5.41, 5.74) is 0. The Bertz CT molecular complexity index is 192. The average Bonchev–Trinajstić information content (AvgIpc) is 2.28. The lowest BCUT2D eigenvalue weighted by Crippen LogP contribution is -2.48. The van der Waals surface area contributed by atoms with Crippen LogP contribution in [-0.4, -0.2) is 33.1 Å². The fourth-order valence-electron chi connectivity index (χ4n) is 2.94. The number of piperidine rings is 1. The van der Waals surface area contributed by atoms with Crippen molar-refractivity contribution in [2.45, 2.75) is 31.5 Å². The standard InChI is InChI=1S/C11H21NO2/c1-13-11(14-2)5-3-10-8-12-6-4-9(10)7-11/h9-10,12H,3-8H2,1-2H3. The van der Waals surface area contributed by atoms with Gasteiger partial charge in [-0.25, -0.2) is 0 Å². The van der Waals surface area contributed by atoms with Crippen molar-refractivity contribution >= 4 is 0 Å². The van der Waals surface area contributed by atoms with Crippen molar-refractivity contribution in [3.05, 3.63) is 0 Å². The van der Waals surface area contributed by atoms with Gasteiger partial charge in [0.05, 0.1) is 0 Å². The smallest absolute Gasteiger partial charge is 0.167 e. The monoisotopic (exact) mass is 199 g/mol. The van der Waals surface area contributed by atoms with Gasteiger partial charge in [-0.1, -0.05) is 0 Å². The van der Waals surface area contributed by atoms with E-state index in [0.29, 0.717) is 0 Å². The van der Waals surface area contributed by atoms with Crippen LogP contribution in [0.2, 0.25) is 0 Å². The number of methoxy groups -OCH3 is 2. The maximum Gasteiger partial charge on any atom is 0.167 e. The summed E-state index contributed by atoms with van der Waals surface area (Å²) in [5.74, 6) is 1.37. The Balaban J connectivity index is 2.01. The van der Waals surface area contributed by atoms with Gasteiger partial charge in [-0.15, -0.1) is 0 Å². The Kier molecular flexibility index (Phi) is 3.10. The number of nitrogens with one attached hydrogen (secondary N) is 1. The van der Waals surface area contributed by atoms with Gasteiger partial charge in [-0.05, 0) is 37.8 Å². The lowest BCUT2D eigenvalue weighted by molar-refractivity contribution is -0.238. The average molecular weight is 199 g/mol. The molecule has 14 heavy (non-hydrogen) atoms. The summed E-state index contributed by atoms with van der Waals surface area (Å²) < 4.78 is 11.1. The minimum Gasteiger partial charge on any atom is -0.353 e. The Morgan fingerprint density at radius 2 is 1.93 bits per heavy atom. The second-order valence-corrected chi connectivity index (χ2v) is 4.57. The van der Waals surface area contributed by atoms with Crippen LogP contribution in [0.3, 0.4) is 0 Å². The second-order valence-electron chi connectivity index (χ2n) is 4.57. The van der Waals surface area contributed by atoms with Gasteiger partial charge in [0.2, 0.25) is 0 Å². The zero-order valence-corrected chi connectivity index (χ0v) is 9.21. The molecule has 3 heteroatoms. The third-order valence-corrected chi connectivity index (χ3v) is 3.98. The molecule has 0 aromatic carbocycles. The molecule has 3 nitrogen and oxygen atoms in total. The highest BCUT2D eigenvalue weighted by atomic mass is 16.7. The third-order valence-electron chi connectivity index (χ3n) is 3.98. The highest BCUT2D eigenvalue weighted by Crippen LogP contribution is 2.41. The van der Waals surface area contributed by atoms with Crippen molar-refractivity contribution in [2.24, 2.45) is 11.8 Å². The first-order valence-corrected chi connectivity index (χ1v) is 5.61. The fourth-order valence-corrected chi connectivity index (χ4v) is 2.94. The molecule has 2 atom stereocenters. The van der Waals surface area contributed by atoms with Crippen molar-refractivity contribution in [3.8, 4) is 0 Å². The van der Waals surface area contributed by atoms with Crippen molar-refractivity contribution in [1.29, 1.82) is 0 Å². The molecular weight excluding hydrogens is 178 g/mol. The summed E-state index contributed by atoms with van der Waals surface area (Å²) >= 11 is 0. The van der Waals surface area contributed by atoms with Gasteiger partial charge in [0.25, 0.3) is 0 Å². The first-order valence-electron chi connectivity index (χ1n) is 5.61. The van der Waals surface area contributed by atoms with Crippen LogP contribution in [-0.2, 0) is 9.47 Å². The van der Waals surface area contributed by atoms with Gasteiger partial charge in [0, 0.05) is 27.1 Å². The summed E-state index contributed by atoms with van der Waals surface area (Å²) in [6, 6.07) is 0. The summed E-state index contributed by atoms with van der Waals surface area (Å²) in [6.07, 6.45) is 4.63. The maximum atomic E-state index is 5.53. The molecule has 1 aliphatic carbocycles. The highest BCUT2D eigenvalue weighted by molar-refractivity contribution is 4.89. The molecule has 0 radical (unpaired) electrons. The molecular formula is C11H21NO2. The fraction of sp³-hybridized carbons (Fsp3) is 1.00. The quantitative estimate of drug-likeness (QED) is 0.682. The van der Waals surface area contributed by atoms with Crippen LogP contribution >= 0.6 is 0 Å². The molecule has 1 heterocycles. The predicted molar refractivity (Wildman–Crippen MR) is 55.1 cm³/mol. The summed E-state index contributed by atoms with van der Waals surface area (Å²) in [7, 11) is 3.54. The number of rotatable bonds is 2. The van der Waals surface area contributed by atoms with E-state index in [1.165, 1.54) is 19.4 Å². The number of hydrogen-bond acceptors (Lipinski definition) is 3. The van der Waals surface area contributed by atoms with E-state index in [0.717, 1.165) is 31.2 Å². The molecule has 0 bridgehead atoms. The Morgan fingerprint density at radius 1 is 1.14 bits per heavy atom. The minimum absolute atomic E-state index is 0.279. The molecule has 82 valence electrons. The van der Waals surface area contributed by atoms with E-state index in [9.17, 15) is 0 Å². The summed E-state index contributed by atoms with van der Waals surface area (Å²) in [6.45, 7) is 2.35. The van der Waals surface area contributed by atoms with Crippen LogP contribution in [0.15, 0.2) is 0 Å². The van der Waals surface area contributed by atoms with Gasteiger partial charge in [0.15, 0.2) is 5.79 Å². The molecule has 0 aromatic rings. The summed E-state index contributed by atoms with van der Waals surface area (Å²) in [5, 5.41) is 3.47. The van der Waals surface area contributed by atoms with E-state index in [1.54, 1.807) is 14.2 Å². The zero-order valence-electron chi connectivity index (χ0n) is 9.21. The lowest BCUT2D eigenvalue weighted by Gasteiger charge is -2.45. The summed E-state index contributed by atoms with van der Waals surface area (Å²) in [4.78, 5) is 0. The van der Waals surface area contributed by atoms with Crippen LogP contribution in [0.4, 0.5) is 0 Å². The van der Waals surface area contributed by atoms with E-state index in [2.05, 4.69) is 5.32 Å². The SMILES string of the molecule is COC1(OC)CCC2CNCCC2C1. The highest BCUT2D eigenvalue weighted by Gasteiger charge is 2.41. The van der Waals surface area contributed by atoms with Crippen LogP contribution in [0.5, 0.6) is 0 Å². The second kappa shape index (κ2) is 4.17. The first-order chi connectivity index (χ1) is 6.79. The molecule has 0 aromatic heterocycles. The van der Waals surface area contributed by atoms with E-state index in [4.69, 9.17) is 9.47 Å². The molecule has 2 unspecified atom stereocenters. The Morgan fingerprint density at radius 3 is 2.64 bits per heavy atom. The maximum absolute atomic E-state index is 5.53. The number of hydrogen-bond donors (Lipinski definition) is 1.